The molecule has 0 aliphatic heterocycles. The number of azo groups is 1. The van der Waals surface area contributed by atoms with Crippen molar-refractivity contribution in [1.29, 1.82) is 0 Å². The summed E-state index contributed by atoms with van der Waals surface area (Å²) in [5.41, 5.74) is 0.238. The Hall–Kier alpha value is -3.66. The van der Waals surface area contributed by atoms with Crippen LogP contribution in [-0.4, -0.2) is 15.8 Å². The molecule has 10 nitrogen and oxygen atoms in total. The molecule has 0 saturated heterocycles. The van der Waals surface area contributed by atoms with Crippen molar-refractivity contribution in [3.8, 4) is 5.75 Å². The van der Waals surface area contributed by atoms with Crippen LogP contribution < -0.4 is 4.74 Å². The molecule has 0 bridgehead atoms. The number of halogens is 1. The van der Waals surface area contributed by atoms with Crippen molar-refractivity contribution in [2.45, 2.75) is 20.8 Å². The third-order valence-corrected chi connectivity index (χ3v) is 3.98. The second-order valence-corrected chi connectivity index (χ2v) is 6.50. The lowest BCUT2D eigenvalue weighted by molar-refractivity contribution is -0.393. The zero-order valence-electron chi connectivity index (χ0n) is 15.6. The van der Waals surface area contributed by atoms with Crippen LogP contribution in [0.15, 0.2) is 46.6 Å². The number of hydrogen-bond acceptors (Lipinski definition) is 8. The second kappa shape index (κ2) is 8.57. The predicted molar refractivity (Wildman–Crippen MR) is 105 cm³/mol. The molecule has 0 N–H and O–H groups in total. The fourth-order valence-electron chi connectivity index (χ4n) is 2.35. The number of ether oxygens (including phenoxy) is 1. The number of rotatable bonds is 6. The highest BCUT2D eigenvalue weighted by Gasteiger charge is 2.23. The molecule has 2 aromatic rings. The van der Waals surface area contributed by atoms with Gasteiger partial charge >= 0.3 is 11.7 Å². The average molecular weight is 419 g/mol. The topological polar surface area (TPSA) is 137 Å². The molecular formula is C18H15ClN4O6. The minimum Gasteiger partial charge on any atom is -0.423 e. The molecule has 0 unspecified atom stereocenters. The minimum atomic E-state index is -0.829. The van der Waals surface area contributed by atoms with E-state index in [1.807, 2.05) is 0 Å². The molecule has 0 aliphatic carbocycles. The van der Waals surface area contributed by atoms with Crippen LogP contribution in [-0.2, 0) is 4.79 Å². The Morgan fingerprint density at radius 1 is 1.07 bits per heavy atom. The molecule has 0 atom stereocenters. The summed E-state index contributed by atoms with van der Waals surface area (Å²) in [6.07, 6.45) is 0. The summed E-state index contributed by atoms with van der Waals surface area (Å²) >= 11 is 5.94. The first kappa shape index (κ1) is 21.6. The number of carbonyl (C=O) groups is 1. The number of non-ortho nitro benzene ring substituents is 1. The van der Waals surface area contributed by atoms with Gasteiger partial charge in [0.15, 0.2) is 5.69 Å². The lowest BCUT2D eigenvalue weighted by Crippen LogP contribution is -2.10. The van der Waals surface area contributed by atoms with Gasteiger partial charge in [-0.1, -0.05) is 18.2 Å². The van der Waals surface area contributed by atoms with Gasteiger partial charge in [-0.3, -0.25) is 20.2 Å². The molecule has 0 heterocycles. The van der Waals surface area contributed by atoms with Crippen LogP contribution in [0.1, 0.15) is 18.1 Å². The molecule has 0 amide bonds. The molecule has 2 aromatic carbocycles. The van der Waals surface area contributed by atoms with E-state index in [1.165, 1.54) is 6.92 Å². The summed E-state index contributed by atoms with van der Waals surface area (Å²) in [5.74, 6) is -0.227. The van der Waals surface area contributed by atoms with Gasteiger partial charge in [-0.05, 0) is 44.0 Å². The van der Waals surface area contributed by atoms with Crippen molar-refractivity contribution in [3.05, 3.63) is 72.8 Å². The first-order valence-corrected chi connectivity index (χ1v) is 8.42. The maximum Gasteiger partial charge on any atom is 0.338 e. The molecule has 2 rings (SSSR count). The van der Waals surface area contributed by atoms with Gasteiger partial charge in [-0.15, -0.1) is 5.11 Å². The number of nitro benzene ring substituents is 2. The maximum absolute atomic E-state index is 11.7. The van der Waals surface area contributed by atoms with Crippen LogP contribution >= 0.6 is 11.6 Å². The zero-order valence-corrected chi connectivity index (χ0v) is 16.4. The van der Waals surface area contributed by atoms with Crippen LogP contribution in [0.25, 0.3) is 0 Å². The fourth-order valence-corrected chi connectivity index (χ4v) is 2.59. The first-order valence-electron chi connectivity index (χ1n) is 8.04. The molecule has 0 aromatic heterocycles. The third kappa shape index (κ3) is 4.99. The molecule has 0 fully saturated rings. The van der Waals surface area contributed by atoms with E-state index < -0.39 is 27.2 Å². The monoisotopic (exact) mass is 418 g/mol. The smallest absolute Gasteiger partial charge is 0.338 e. The summed E-state index contributed by atoms with van der Waals surface area (Å²) in [4.78, 5) is 32.2. The summed E-state index contributed by atoms with van der Waals surface area (Å²) < 4.78 is 5.28. The minimum absolute atomic E-state index is 0.243. The van der Waals surface area contributed by atoms with Gasteiger partial charge in [0.1, 0.15) is 5.75 Å². The standard InChI is InChI=1S/C18H15ClN4O6/c1-9(2)18(24)29-17-10(3)5-12(6-11(17)4)20-21-16-14(19)7-13(22(25)26)8-15(16)23(27)28/h5-8H,1H2,2-4H3. The van der Waals surface area contributed by atoms with Gasteiger partial charge in [0.05, 0.1) is 26.6 Å². The highest BCUT2D eigenvalue weighted by molar-refractivity contribution is 6.33. The molecule has 0 saturated carbocycles. The zero-order chi connectivity index (χ0) is 21.9. The van der Waals surface area contributed by atoms with E-state index in [0.717, 1.165) is 12.1 Å². The van der Waals surface area contributed by atoms with E-state index in [0.29, 0.717) is 22.6 Å². The van der Waals surface area contributed by atoms with Crippen molar-refractivity contribution in [2.24, 2.45) is 10.2 Å². The van der Waals surface area contributed by atoms with Gasteiger partial charge in [0.2, 0.25) is 0 Å². The molecular weight excluding hydrogens is 404 g/mol. The van der Waals surface area contributed by atoms with E-state index in [1.54, 1.807) is 26.0 Å². The predicted octanol–water partition coefficient (Wildman–Crippen LogP) is 5.67. The van der Waals surface area contributed by atoms with Gasteiger partial charge in [-0.2, -0.15) is 5.11 Å². The highest BCUT2D eigenvalue weighted by Crippen LogP contribution is 2.40. The number of esters is 1. The van der Waals surface area contributed by atoms with Crippen LogP contribution in [0.5, 0.6) is 5.75 Å². The van der Waals surface area contributed by atoms with Crippen LogP contribution in [0, 0.1) is 34.1 Å². The molecule has 0 radical (unpaired) electrons. The lowest BCUT2D eigenvalue weighted by atomic mass is 10.1. The quantitative estimate of drug-likeness (QED) is 0.148. The van der Waals surface area contributed by atoms with Gasteiger partial charge in [0.25, 0.3) is 5.69 Å². The van der Waals surface area contributed by atoms with Crippen LogP contribution in [0.3, 0.4) is 0 Å². The van der Waals surface area contributed by atoms with Crippen molar-refractivity contribution < 1.29 is 19.4 Å². The Morgan fingerprint density at radius 3 is 2.14 bits per heavy atom. The summed E-state index contributed by atoms with van der Waals surface area (Å²) in [6, 6.07) is 4.84. The van der Waals surface area contributed by atoms with Crippen LogP contribution in [0.2, 0.25) is 5.02 Å². The Kier molecular flexibility index (Phi) is 6.39. The van der Waals surface area contributed by atoms with E-state index in [4.69, 9.17) is 16.3 Å². The number of carbonyl (C=O) groups excluding carboxylic acids is 1. The largest absolute Gasteiger partial charge is 0.423 e. The molecule has 150 valence electrons. The maximum atomic E-state index is 11.7. The van der Waals surface area contributed by atoms with E-state index >= 15 is 0 Å². The number of benzene rings is 2. The number of nitrogens with zero attached hydrogens (tertiary/aromatic N) is 4. The van der Waals surface area contributed by atoms with Gasteiger partial charge < -0.3 is 4.74 Å². The lowest BCUT2D eigenvalue weighted by Gasteiger charge is -2.11. The van der Waals surface area contributed by atoms with E-state index in [9.17, 15) is 25.0 Å². The average Bonchev–Trinajstić information content (AvgIpc) is 2.62. The Bertz CT molecular complexity index is 1060. The molecule has 0 aliphatic rings. The molecule has 29 heavy (non-hydrogen) atoms. The van der Waals surface area contributed by atoms with Crippen molar-refractivity contribution in [1.82, 2.24) is 0 Å². The van der Waals surface area contributed by atoms with Crippen molar-refractivity contribution in [3.63, 3.8) is 0 Å². The fraction of sp³-hybridized carbons (Fsp3) is 0.167. The molecule has 11 heteroatoms. The van der Waals surface area contributed by atoms with Crippen LogP contribution in [0.4, 0.5) is 22.7 Å². The van der Waals surface area contributed by atoms with Crippen molar-refractivity contribution in [2.75, 3.05) is 0 Å². The highest BCUT2D eigenvalue weighted by atomic mass is 35.5. The van der Waals surface area contributed by atoms with E-state index in [2.05, 4.69) is 16.8 Å². The Balaban J connectivity index is 2.44. The number of nitro groups is 2. The first-order chi connectivity index (χ1) is 13.5. The second-order valence-electron chi connectivity index (χ2n) is 6.09. The summed E-state index contributed by atoms with van der Waals surface area (Å²) in [5, 5.41) is 29.6. The third-order valence-electron chi connectivity index (χ3n) is 3.69. The molecule has 0 spiro atoms. The Morgan fingerprint density at radius 2 is 1.66 bits per heavy atom. The van der Waals surface area contributed by atoms with Gasteiger partial charge in [0, 0.05) is 11.6 Å². The number of hydrogen-bond donors (Lipinski definition) is 0. The summed E-state index contributed by atoms with van der Waals surface area (Å²) in [7, 11) is 0. The van der Waals surface area contributed by atoms with Crippen molar-refractivity contribution >= 4 is 40.3 Å². The normalized spacial score (nSPS) is 10.8. The number of aryl methyl sites for hydroxylation is 2. The SMILES string of the molecule is C=C(C)C(=O)Oc1c(C)cc(N=Nc2c(Cl)cc([N+](=O)[O-])cc2[N+](=O)[O-])cc1C. The summed E-state index contributed by atoms with van der Waals surface area (Å²) in [6.45, 7) is 8.42. The van der Waals surface area contributed by atoms with E-state index in [-0.39, 0.29) is 16.3 Å². The Labute approximate surface area is 169 Å². The van der Waals surface area contributed by atoms with Gasteiger partial charge in [-0.25, -0.2) is 4.79 Å².